The zero-order chi connectivity index (χ0) is 17.8. The highest BCUT2D eigenvalue weighted by Crippen LogP contribution is 2.22. The van der Waals surface area contributed by atoms with Crippen LogP contribution >= 0.6 is 24.8 Å². The summed E-state index contributed by atoms with van der Waals surface area (Å²) in [6, 6.07) is 10.9. The third-order valence-electron chi connectivity index (χ3n) is 4.71. The fourth-order valence-corrected chi connectivity index (χ4v) is 3.13. The van der Waals surface area contributed by atoms with E-state index in [1.54, 1.807) is 12.1 Å². The molecule has 0 bridgehead atoms. The van der Waals surface area contributed by atoms with E-state index in [4.69, 9.17) is 10.5 Å². The lowest BCUT2D eigenvalue weighted by molar-refractivity contribution is -0.384. The number of nitrogens with zero attached hydrogens (tertiary/aromatic N) is 2. The first-order valence-corrected chi connectivity index (χ1v) is 8.50. The summed E-state index contributed by atoms with van der Waals surface area (Å²) in [5.41, 5.74) is 10.1. The van der Waals surface area contributed by atoms with Crippen LogP contribution < -0.4 is 10.5 Å². The first-order chi connectivity index (χ1) is 12.0. The molecule has 0 aromatic heterocycles. The van der Waals surface area contributed by atoms with Crippen molar-refractivity contribution in [3.63, 3.8) is 0 Å². The average molecular weight is 432 g/mol. The van der Waals surface area contributed by atoms with Crippen molar-refractivity contribution in [2.75, 3.05) is 32.0 Å². The fraction of sp³-hybridized carbons (Fsp3) is 0.368. The second-order valence-electron chi connectivity index (χ2n) is 6.42. The number of halogens is 2. The SMILES string of the molecule is Cc1cc(OCCN2CCc3ccc([N+](=O)[O-])cc3CC2)ccc1N.Cl.Cl.O. The molecule has 0 radical (unpaired) electrons. The lowest BCUT2D eigenvalue weighted by Gasteiger charge is -2.20. The second kappa shape index (κ2) is 11.7. The molecule has 0 saturated heterocycles. The molecule has 28 heavy (non-hydrogen) atoms. The molecule has 3 rings (SSSR count). The summed E-state index contributed by atoms with van der Waals surface area (Å²) in [5, 5.41) is 10.9. The number of benzene rings is 2. The van der Waals surface area contributed by atoms with E-state index < -0.39 is 0 Å². The van der Waals surface area contributed by atoms with Gasteiger partial charge in [0.05, 0.1) is 4.92 Å². The number of nitro benzene ring substituents is 1. The van der Waals surface area contributed by atoms with Gasteiger partial charge in [0.15, 0.2) is 0 Å². The molecular weight excluding hydrogens is 405 g/mol. The third-order valence-corrected chi connectivity index (χ3v) is 4.71. The van der Waals surface area contributed by atoms with Gasteiger partial charge >= 0.3 is 0 Å². The quantitative estimate of drug-likeness (QED) is 0.443. The first-order valence-electron chi connectivity index (χ1n) is 8.50. The zero-order valence-electron chi connectivity index (χ0n) is 15.7. The van der Waals surface area contributed by atoms with E-state index in [0.29, 0.717) is 6.61 Å². The van der Waals surface area contributed by atoms with E-state index in [0.717, 1.165) is 55.0 Å². The monoisotopic (exact) mass is 431 g/mol. The van der Waals surface area contributed by atoms with Gasteiger partial charge in [-0.3, -0.25) is 15.0 Å². The van der Waals surface area contributed by atoms with E-state index in [-0.39, 0.29) is 40.9 Å². The van der Waals surface area contributed by atoms with Gasteiger partial charge in [-0.25, -0.2) is 0 Å². The number of hydrogen-bond acceptors (Lipinski definition) is 5. The van der Waals surface area contributed by atoms with Gasteiger partial charge in [-0.2, -0.15) is 0 Å². The summed E-state index contributed by atoms with van der Waals surface area (Å²) < 4.78 is 5.83. The molecule has 2 aromatic carbocycles. The Balaban J connectivity index is 0.00000243. The van der Waals surface area contributed by atoms with Crippen molar-refractivity contribution < 1.29 is 15.1 Å². The molecule has 7 nitrogen and oxygen atoms in total. The largest absolute Gasteiger partial charge is 0.492 e. The van der Waals surface area contributed by atoms with Gasteiger partial charge in [0.1, 0.15) is 12.4 Å². The summed E-state index contributed by atoms with van der Waals surface area (Å²) in [7, 11) is 0. The molecule has 0 unspecified atom stereocenters. The van der Waals surface area contributed by atoms with Gasteiger partial charge in [-0.05, 0) is 54.7 Å². The summed E-state index contributed by atoms with van der Waals surface area (Å²) in [4.78, 5) is 12.9. The molecule has 0 spiro atoms. The minimum absolute atomic E-state index is 0. The normalized spacial score (nSPS) is 13.0. The summed E-state index contributed by atoms with van der Waals surface area (Å²) in [5.74, 6) is 0.834. The van der Waals surface area contributed by atoms with Crippen LogP contribution in [0.1, 0.15) is 16.7 Å². The molecule has 1 aliphatic rings. The first kappa shape index (κ1) is 25.9. The summed E-state index contributed by atoms with van der Waals surface area (Å²) in [6.45, 7) is 5.24. The summed E-state index contributed by atoms with van der Waals surface area (Å²) >= 11 is 0. The van der Waals surface area contributed by atoms with Crippen LogP contribution in [0.2, 0.25) is 0 Å². The number of fused-ring (bicyclic) bond motifs is 1. The predicted molar refractivity (Wildman–Crippen MR) is 116 cm³/mol. The molecule has 0 fully saturated rings. The van der Waals surface area contributed by atoms with Crippen LogP contribution in [0, 0.1) is 17.0 Å². The maximum absolute atomic E-state index is 10.9. The predicted octanol–water partition coefficient (Wildman–Crippen LogP) is 2.98. The molecule has 9 heteroatoms. The standard InChI is InChI=1S/C19H23N3O3.2ClH.H2O/c1-14-12-18(4-5-19(14)20)25-11-10-21-8-6-15-2-3-17(22(23)24)13-16(15)7-9-21;;;/h2-5,12-13H,6-11,20H2,1H3;2*1H;1H2. The highest BCUT2D eigenvalue weighted by atomic mass is 35.5. The van der Waals surface area contributed by atoms with Gasteiger partial charge < -0.3 is 15.9 Å². The minimum atomic E-state index is -0.328. The highest BCUT2D eigenvalue weighted by Gasteiger charge is 2.16. The van der Waals surface area contributed by atoms with Crippen molar-refractivity contribution in [2.45, 2.75) is 19.8 Å². The molecule has 0 saturated carbocycles. The molecule has 156 valence electrons. The number of hydrogen-bond donors (Lipinski definition) is 1. The smallest absolute Gasteiger partial charge is 0.269 e. The van der Waals surface area contributed by atoms with Gasteiger partial charge in [-0.1, -0.05) is 6.07 Å². The number of nitrogen functional groups attached to an aromatic ring is 1. The zero-order valence-corrected chi connectivity index (χ0v) is 17.4. The topological polar surface area (TPSA) is 113 Å². The third kappa shape index (κ3) is 6.53. The Morgan fingerprint density at radius 2 is 1.79 bits per heavy atom. The van der Waals surface area contributed by atoms with Crippen LogP contribution in [0.4, 0.5) is 11.4 Å². The molecule has 2 aromatic rings. The Kier molecular flexibility index (Phi) is 10.8. The Morgan fingerprint density at radius 1 is 1.11 bits per heavy atom. The van der Waals surface area contributed by atoms with Crippen molar-refractivity contribution >= 4 is 36.2 Å². The van der Waals surface area contributed by atoms with E-state index in [1.165, 1.54) is 5.56 Å². The Hall–Kier alpha value is -2.06. The number of anilines is 1. The summed E-state index contributed by atoms with van der Waals surface area (Å²) in [6.07, 6.45) is 1.74. The molecule has 0 amide bonds. The van der Waals surface area contributed by atoms with Crippen LogP contribution in [0.15, 0.2) is 36.4 Å². The number of non-ortho nitro benzene ring substituents is 1. The molecular formula is C19H27Cl2N3O4. The van der Waals surface area contributed by atoms with E-state index in [1.807, 2.05) is 31.2 Å². The van der Waals surface area contributed by atoms with E-state index >= 15 is 0 Å². The molecule has 0 atom stereocenters. The van der Waals surface area contributed by atoms with Crippen LogP contribution in [-0.2, 0) is 12.8 Å². The van der Waals surface area contributed by atoms with E-state index in [2.05, 4.69) is 4.90 Å². The van der Waals surface area contributed by atoms with E-state index in [9.17, 15) is 10.1 Å². The Morgan fingerprint density at radius 3 is 2.43 bits per heavy atom. The van der Waals surface area contributed by atoms with Crippen LogP contribution in [0.25, 0.3) is 0 Å². The van der Waals surface area contributed by atoms with Crippen LogP contribution in [0.5, 0.6) is 5.75 Å². The number of nitro groups is 1. The maximum Gasteiger partial charge on any atom is 0.269 e. The molecule has 1 heterocycles. The minimum Gasteiger partial charge on any atom is -0.492 e. The lowest BCUT2D eigenvalue weighted by atomic mass is 10.0. The van der Waals surface area contributed by atoms with Gasteiger partial charge in [0, 0.05) is 37.5 Å². The number of aryl methyl sites for hydroxylation is 1. The van der Waals surface area contributed by atoms with Crippen molar-refractivity contribution in [3.8, 4) is 5.75 Å². The van der Waals surface area contributed by atoms with Crippen LogP contribution in [0.3, 0.4) is 0 Å². The average Bonchev–Trinajstić information content (AvgIpc) is 2.80. The van der Waals surface area contributed by atoms with Gasteiger partial charge in [-0.15, -0.1) is 24.8 Å². The number of rotatable bonds is 5. The highest BCUT2D eigenvalue weighted by molar-refractivity contribution is 5.85. The molecule has 4 N–H and O–H groups in total. The van der Waals surface area contributed by atoms with Crippen LogP contribution in [-0.4, -0.2) is 41.5 Å². The molecule has 0 aliphatic carbocycles. The fourth-order valence-electron chi connectivity index (χ4n) is 3.13. The Labute approximate surface area is 177 Å². The van der Waals surface area contributed by atoms with Crippen molar-refractivity contribution in [1.29, 1.82) is 0 Å². The second-order valence-corrected chi connectivity index (χ2v) is 6.42. The lowest BCUT2D eigenvalue weighted by Crippen LogP contribution is -2.30. The number of nitrogens with two attached hydrogens (primary N) is 1. The van der Waals surface area contributed by atoms with Gasteiger partial charge in [0.25, 0.3) is 5.69 Å². The van der Waals surface area contributed by atoms with Crippen molar-refractivity contribution in [3.05, 3.63) is 63.2 Å². The number of ether oxygens (including phenoxy) is 1. The maximum atomic E-state index is 10.9. The Bertz CT molecular complexity index is 790. The van der Waals surface area contributed by atoms with Crippen molar-refractivity contribution in [2.24, 2.45) is 0 Å². The molecule has 1 aliphatic heterocycles. The van der Waals surface area contributed by atoms with Gasteiger partial charge in [0.2, 0.25) is 0 Å². The van der Waals surface area contributed by atoms with Crippen molar-refractivity contribution in [1.82, 2.24) is 4.90 Å².